The van der Waals surface area contributed by atoms with Crippen molar-refractivity contribution in [1.29, 1.82) is 0 Å². The zero-order valence-corrected chi connectivity index (χ0v) is 28.3. The summed E-state index contributed by atoms with van der Waals surface area (Å²) < 4.78 is 27.2. The second-order valence-corrected chi connectivity index (χ2v) is 13.4. The molecule has 6 rings (SSSR count). The molecule has 14 nitrogen and oxygen atoms in total. The molecule has 0 saturated carbocycles. The first-order valence-corrected chi connectivity index (χ1v) is 16.7. The summed E-state index contributed by atoms with van der Waals surface area (Å²) in [5.74, 6) is -2.76. The fraction of sp³-hybridized carbons (Fsp3) is 0.486. The van der Waals surface area contributed by atoms with Gasteiger partial charge in [0.15, 0.2) is 5.60 Å². The van der Waals surface area contributed by atoms with Crippen molar-refractivity contribution in [2.45, 2.75) is 84.2 Å². The standard InChI is InChI=1S/C35H40FN5O9/c1-5-35(48)21-9-26-31-19(11-41(26)33(46)20(21)13-50-34(35)47)30-23(7-6-18-17(4)22(36)10-24(40-31)29(18)30)38-28(44)14-49-15-37-32(45)25(12-42)39-27(43)8-16(2)3/h9-10,16,23,25,42,48H,5-8,11-15H2,1-4H3,(H,37,45)(H,38,44)(H,39,43)/t23-,25-,35-/m0/s1. The van der Waals surface area contributed by atoms with Crippen molar-refractivity contribution < 1.29 is 43.3 Å². The Morgan fingerprint density at radius 3 is 2.64 bits per heavy atom. The van der Waals surface area contributed by atoms with Gasteiger partial charge in [0.05, 0.1) is 41.7 Å². The van der Waals surface area contributed by atoms with Crippen LogP contribution < -0.4 is 21.5 Å². The van der Waals surface area contributed by atoms with E-state index in [9.17, 15) is 34.2 Å². The molecular formula is C35H40FN5O9. The molecule has 15 heteroatoms. The van der Waals surface area contributed by atoms with E-state index in [0.717, 1.165) is 5.56 Å². The molecule has 1 aromatic carbocycles. The van der Waals surface area contributed by atoms with Gasteiger partial charge in [-0.3, -0.25) is 19.2 Å². The first-order chi connectivity index (χ1) is 23.8. The number of fused-ring (bicyclic) bond motifs is 5. The number of ether oxygens (including phenoxy) is 2. The highest BCUT2D eigenvalue weighted by atomic mass is 19.1. The van der Waals surface area contributed by atoms with Crippen LogP contribution in [-0.2, 0) is 53.8 Å². The monoisotopic (exact) mass is 693 g/mol. The number of aryl methyl sites for hydroxylation is 1. The van der Waals surface area contributed by atoms with Crippen LogP contribution in [0.5, 0.6) is 0 Å². The normalized spacial score (nSPS) is 19.4. The summed E-state index contributed by atoms with van der Waals surface area (Å²) in [5.41, 5.74) is 1.55. The van der Waals surface area contributed by atoms with E-state index in [1.807, 2.05) is 13.8 Å². The van der Waals surface area contributed by atoms with Gasteiger partial charge in [-0.2, -0.15) is 0 Å². The van der Waals surface area contributed by atoms with Crippen LogP contribution in [0.4, 0.5) is 4.39 Å². The summed E-state index contributed by atoms with van der Waals surface area (Å²) in [6, 6.07) is 1.18. The number of hydrogen-bond acceptors (Lipinski definition) is 10. The van der Waals surface area contributed by atoms with Crippen LogP contribution >= 0.6 is 0 Å². The van der Waals surface area contributed by atoms with Crippen molar-refractivity contribution in [3.05, 3.63) is 61.7 Å². The summed E-state index contributed by atoms with van der Waals surface area (Å²) in [4.78, 5) is 68.9. The Labute approximate surface area is 286 Å². The predicted molar refractivity (Wildman–Crippen MR) is 176 cm³/mol. The summed E-state index contributed by atoms with van der Waals surface area (Å²) in [6.45, 7) is 5.42. The Hall–Kier alpha value is -4.73. The number of benzene rings is 1. The van der Waals surface area contributed by atoms with Crippen LogP contribution in [-0.4, -0.2) is 69.4 Å². The van der Waals surface area contributed by atoms with Crippen LogP contribution in [0.1, 0.15) is 79.5 Å². The topological polar surface area (TPSA) is 198 Å². The molecule has 0 bridgehead atoms. The second kappa shape index (κ2) is 13.5. The molecule has 5 N–H and O–H groups in total. The number of hydrogen-bond donors (Lipinski definition) is 5. The minimum absolute atomic E-state index is 0.0183. The molecule has 0 saturated heterocycles. The molecule has 3 aliphatic rings. The third-order valence-electron chi connectivity index (χ3n) is 9.72. The lowest BCUT2D eigenvalue weighted by atomic mass is 9.81. The maximum absolute atomic E-state index is 15.2. The van der Waals surface area contributed by atoms with E-state index in [1.54, 1.807) is 19.9 Å². The van der Waals surface area contributed by atoms with Gasteiger partial charge in [0.2, 0.25) is 17.7 Å². The lowest BCUT2D eigenvalue weighted by Crippen LogP contribution is -2.49. The number of aliphatic hydroxyl groups is 2. The molecule has 3 atom stereocenters. The predicted octanol–water partition coefficient (Wildman–Crippen LogP) is 1.24. The SMILES string of the molecule is CC[C@@]1(O)C(=O)OCc2c1cc1n(c2=O)Cc2c-1nc1cc(F)c(C)c3c1c2[C@@H](NC(=O)COCNC(=O)[C@H](CO)NC(=O)CC(C)C)CC3. The fourth-order valence-electron chi connectivity index (χ4n) is 7.14. The average molecular weight is 694 g/mol. The van der Waals surface area contributed by atoms with Crippen LogP contribution in [0, 0.1) is 18.7 Å². The van der Waals surface area contributed by atoms with E-state index in [0.29, 0.717) is 51.8 Å². The third kappa shape index (κ3) is 6.03. The molecule has 3 aromatic rings. The number of halogens is 1. The zero-order valence-electron chi connectivity index (χ0n) is 28.3. The van der Waals surface area contributed by atoms with Crippen molar-refractivity contribution in [3.63, 3.8) is 0 Å². The van der Waals surface area contributed by atoms with Crippen molar-refractivity contribution in [3.8, 4) is 11.4 Å². The van der Waals surface area contributed by atoms with E-state index in [1.165, 1.54) is 10.6 Å². The first-order valence-electron chi connectivity index (χ1n) is 16.7. The Balaban J connectivity index is 1.26. The van der Waals surface area contributed by atoms with Crippen LogP contribution in [0.25, 0.3) is 22.3 Å². The minimum atomic E-state index is -2.01. The molecule has 0 fully saturated rings. The molecular weight excluding hydrogens is 653 g/mol. The van der Waals surface area contributed by atoms with Gasteiger partial charge in [0.25, 0.3) is 5.56 Å². The Bertz CT molecular complexity index is 1990. The van der Waals surface area contributed by atoms with E-state index < -0.39 is 60.1 Å². The summed E-state index contributed by atoms with van der Waals surface area (Å²) in [6.07, 6.45) is 1.04. The van der Waals surface area contributed by atoms with Crippen molar-refractivity contribution >= 4 is 34.6 Å². The highest BCUT2D eigenvalue weighted by molar-refractivity contribution is 5.94. The molecule has 0 spiro atoms. The number of esters is 1. The minimum Gasteiger partial charge on any atom is -0.458 e. The number of pyridine rings is 2. The molecule has 4 heterocycles. The van der Waals surface area contributed by atoms with Gasteiger partial charge in [-0.15, -0.1) is 0 Å². The maximum atomic E-state index is 15.2. The van der Waals surface area contributed by atoms with Gasteiger partial charge in [-0.05, 0) is 54.9 Å². The second-order valence-electron chi connectivity index (χ2n) is 13.4. The highest BCUT2D eigenvalue weighted by Crippen LogP contribution is 2.45. The number of nitrogens with zero attached hydrogens (tertiary/aromatic N) is 2. The molecule has 266 valence electrons. The number of nitrogens with one attached hydrogen (secondary N) is 3. The summed E-state index contributed by atoms with van der Waals surface area (Å²) >= 11 is 0. The number of aromatic nitrogens is 2. The molecule has 0 unspecified atom stereocenters. The van der Waals surface area contributed by atoms with Crippen LogP contribution in [0.15, 0.2) is 16.9 Å². The van der Waals surface area contributed by atoms with Gasteiger partial charge in [-0.25, -0.2) is 14.2 Å². The summed E-state index contributed by atoms with van der Waals surface area (Å²) in [5, 5.41) is 29.4. The number of rotatable bonds is 11. The van der Waals surface area contributed by atoms with E-state index in [2.05, 4.69) is 16.0 Å². The lowest BCUT2D eigenvalue weighted by molar-refractivity contribution is -0.172. The molecule has 2 aliphatic heterocycles. The number of amides is 3. The largest absolute Gasteiger partial charge is 0.458 e. The molecule has 1 aliphatic carbocycles. The van der Waals surface area contributed by atoms with Gasteiger partial charge >= 0.3 is 5.97 Å². The van der Waals surface area contributed by atoms with Crippen LogP contribution in [0.3, 0.4) is 0 Å². The van der Waals surface area contributed by atoms with Crippen molar-refractivity contribution in [1.82, 2.24) is 25.5 Å². The Morgan fingerprint density at radius 2 is 1.94 bits per heavy atom. The highest BCUT2D eigenvalue weighted by Gasteiger charge is 2.46. The number of aliphatic hydroxyl groups excluding tert-OH is 1. The number of cyclic esters (lactones) is 1. The number of carbonyl (C=O) groups excluding carboxylic acids is 4. The average Bonchev–Trinajstić information content (AvgIpc) is 3.45. The summed E-state index contributed by atoms with van der Waals surface area (Å²) in [7, 11) is 0. The fourth-order valence-corrected chi connectivity index (χ4v) is 7.14. The van der Waals surface area contributed by atoms with Gasteiger partial charge in [0.1, 0.15) is 31.8 Å². The smallest absolute Gasteiger partial charge is 0.343 e. The molecule has 2 aromatic heterocycles. The van der Waals surface area contributed by atoms with Gasteiger partial charge in [0, 0.05) is 29.0 Å². The Kier molecular flexibility index (Phi) is 9.50. The van der Waals surface area contributed by atoms with E-state index in [4.69, 9.17) is 14.5 Å². The molecule has 50 heavy (non-hydrogen) atoms. The van der Waals surface area contributed by atoms with E-state index >= 15 is 4.39 Å². The Morgan fingerprint density at radius 1 is 1.18 bits per heavy atom. The van der Waals surface area contributed by atoms with Gasteiger partial charge < -0.3 is 40.2 Å². The molecule has 0 radical (unpaired) electrons. The van der Waals surface area contributed by atoms with Crippen molar-refractivity contribution in [2.75, 3.05) is 19.9 Å². The lowest BCUT2D eigenvalue weighted by Gasteiger charge is -2.31. The van der Waals surface area contributed by atoms with E-state index in [-0.39, 0.29) is 55.7 Å². The zero-order chi connectivity index (χ0) is 36.1. The van der Waals surface area contributed by atoms with Crippen molar-refractivity contribution in [2.24, 2.45) is 5.92 Å². The number of carbonyl (C=O) groups is 4. The first kappa shape index (κ1) is 35.1. The quantitative estimate of drug-likeness (QED) is 0.0866. The van der Waals surface area contributed by atoms with Crippen LogP contribution in [0.2, 0.25) is 0 Å². The maximum Gasteiger partial charge on any atom is 0.343 e. The third-order valence-corrected chi connectivity index (χ3v) is 9.72. The van der Waals surface area contributed by atoms with Gasteiger partial charge in [-0.1, -0.05) is 20.8 Å². The molecule has 3 amide bonds.